The molecule has 366 valence electrons. The van der Waals surface area contributed by atoms with Gasteiger partial charge in [0.05, 0.1) is 0 Å². The summed E-state index contributed by atoms with van der Waals surface area (Å²) in [7, 11) is 0. The summed E-state index contributed by atoms with van der Waals surface area (Å²) >= 11 is 0. The molecule has 0 fully saturated rings. The number of rotatable bonds is 47. The van der Waals surface area contributed by atoms with Crippen LogP contribution in [0.3, 0.4) is 0 Å². The highest BCUT2D eigenvalue weighted by Crippen LogP contribution is 2.14. The van der Waals surface area contributed by atoms with E-state index >= 15 is 0 Å². The van der Waals surface area contributed by atoms with Crippen LogP contribution in [0.4, 0.5) is 0 Å². The summed E-state index contributed by atoms with van der Waals surface area (Å²) in [5.41, 5.74) is 0. The zero-order valence-electron chi connectivity index (χ0n) is 41.8. The number of esters is 3. The van der Waals surface area contributed by atoms with Crippen LogP contribution < -0.4 is 0 Å². The fourth-order valence-electron chi connectivity index (χ4n) is 7.15. The molecule has 0 aromatic heterocycles. The van der Waals surface area contributed by atoms with Crippen LogP contribution in [0.25, 0.3) is 0 Å². The summed E-state index contributed by atoms with van der Waals surface area (Å²) in [5.74, 6) is -0.952. The molecule has 0 saturated carbocycles. The molecule has 0 saturated heterocycles. The van der Waals surface area contributed by atoms with Crippen molar-refractivity contribution in [2.45, 2.75) is 252 Å². The molecule has 0 amide bonds. The lowest BCUT2D eigenvalue weighted by Gasteiger charge is -2.18. The second kappa shape index (κ2) is 52.2. The monoisotopic (exact) mass is 891 g/mol. The van der Waals surface area contributed by atoms with Gasteiger partial charge in [-0.25, -0.2) is 0 Å². The van der Waals surface area contributed by atoms with Crippen LogP contribution in [0, 0.1) is 0 Å². The van der Waals surface area contributed by atoms with Gasteiger partial charge in [-0.1, -0.05) is 215 Å². The molecule has 1 atom stereocenters. The average molecular weight is 891 g/mol. The molecule has 0 spiro atoms. The van der Waals surface area contributed by atoms with Crippen LogP contribution in [0.5, 0.6) is 0 Å². The first-order valence-electron chi connectivity index (χ1n) is 26.6. The van der Waals surface area contributed by atoms with Crippen molar-refractivity contribution in [2.24, 2.45) is 0 Å². The number of carbonyl (C=O) groups excluding carboxylic acids is 3. The lowest BCUT2D eigenvalue weighted by Crippen LogP contribution is -2.30. The highest BCUT2D eigenvalue weighted by Gasteiger charge is 2.19. The summed E-state index contributed by atoms with van der Waals surface area (Å²) in [5, 5.41) is 0. The number of ether oxygens (including phenoxy) is 3. The van der Waals surface area contributed by atoms with E-state index in [1.54, 1.807) is 0 Å². The molecule has 0 aliphatic rings. The van der Waals surface area contributed by atoms with Gasteiger partial charge in [0.2, 0.25) is 0 Å². The maximum atomic E-state index is 12.7. The van der Waals surface area contributed by atoms with Crippen molar-refractivity contribution >= 4 is 17.9 Å². The number of unbranched alkanes of at least 4 members (excludes halogenated alkanes) is 22. The molecule has 6 nitrogen and oxygen atoms in total. The van der Waals surface area contributed by atoms with Gasteiger partial charge in [0.1, 0.15) is 13.2 Å². The number of carbonyl (C=O) groups is 3. The molecule has 0 heterocycles. The van der Waals surface area contributed by atoms with Gasteiger partial charge in [-0.05, 0) is 96.3 Å². The Morgan fingerprint density at radius 3 is 0.984 bits per heavy atom. The lowest BCUT2D eigenvalue weighted by molar-refractivity contribution is -0.167. The molecule has 6 heteroatoms. The molecule has 0 N–H and O–H groups in total. The molecule has 0 aliphatic carbocycles. The summed E-state index contributed by atoms with van der Waals surface area (Å²) in [6.45, 7) is 6.41. The second-order valence-corrected chi connectivity index (χ2v) is 17.4. The third kappa shape index (κ3) is 49.6. The molecule has 1 unspecified atom stereocenters. The van der Waals surface area contributed by atoms with Gasteiger partial charge in [0.25, 0.3) is 0 Å². The molecule has 64 heavy (non-hydrogen) atoms. The van der Waals surface area contributed by atoms with E-state index in [-0.39, 0.29) is 37.5 Å². The third-order valence-corrected chi connectivity index (χ3v) is 11.1. The number of allylic oxidation sites excluding steroid dienone is 14. The Balaban J connectivity index is 4.20. The minimum Gasteiger partial charge on any atom is -0.462 e. The molecular formula is C58H98O6. The highest BCUT2D eigenvalue weighted by molar-refractivity contribution is 5.71. The lowest BCUT2D eigenvalue weighted by atomic mass is 10.1. The maximum absolute atomic E-state index is 12.7. The maximum Gasteiger partial charge on any atom is 0.306 e. The van der Waals surface area contributed by atoms with E-state index in [2.05, 4.69) is 106 Å². The minimum absolute atomic E-state index is 0.0949. The first kappa shape index (κ1) is 60.6. The zero-order chi connectivity index (χ0) is 46.5. The normalized spacial score (nSPS) is 12.7. The van der Waals surface area contributed by atoms with Gasteiger partial charge < -0.3 is 14.2 Å². The van der Waals surface area contributed by atoms with Crippen LogP contribution in [-0.4, -0.2) is 37.2 Å². The first-order chi connectivity index (χ1) is 31.5. The predicted molar refractivity (Wildman–Crippen MR) is 274 cm³/mol. The van der Waals surface area contributed by atoms with Crippen LogP contribution >= 0.6 is 0 Å². The topological polar surface area (TPSA) is 78.9 Å². The Labute approximate surface area is 395 Å². The molecule has 0 aromatic carbocycles. The van der Waals surface area contributed by atoms with Crippen molar-refractivity contribution in [2.75, 3.05) is 13.2 Å². The standard InChI is InChI=1S/C58H98O6/c1-4-7-10-13-16-18-20-22-24-25-26-27-28-29-30-31-32-33-35-36-38-40-42-45-48-51-57(60)63-54-55(53-62-56(59)50-47-44-15-12-9-6-3)64-58(61)52-49-46-43-41-39-37-34-23-21-19-17-14-11-8-5-2/h8,11,17,19-20,22-23,25-26,28-29,34,39,41,55H,4-7,9-10,12-16,18,21,24,27,30-33,35-38,40,42-54H2,1-3H3/b11-8-,19-17-,22-20-,26-25-,29-28-,34-23-,41-39-. The van der Waals surface area contributed by atoms with Gasteiger partial charge in [-0.3, -0.25) is 14.4 Å². The van der Waals surface area contributed by atoms with E-state index in [9.17, 15) is 14.4 Å². The Morgan fingerprint density at radius 2 is 0.609 bits per heavy atom. The van der Waals surface area contributed by atoms with Crippen LogP contribution in [0.15, 0.2) is 85.1 Å². The Bertz CT molecular complexity index is 1250. The largest absolute Gasteiger partial charge is 0.462 e. The van der Waals surface area contributed by atoms with E-state index in [0.717, 1.165) is 89.9 Å². The van der Waals surface area contributed by atoms with E-state index < -0.39 is 6.10 Å². The first-order valence-corrected chi connectivity index (χ1v) is 26.6. The smallest absolute Gasteiger partial charge is 0.306 e. The quantitative estimate of drug-likeness (QED) is 0.0262. The van der Waals surface area contributed by atoms with Gasteiger partial charge >= 0.3 is 17.9 Å². The molecule has 0 bridgehead atoms. The average Bonchev–Trinajstić information content (AvgIpc) is 3.29. The third-order valence-electron chi connectivity index (χ3n) is 11.1. The SMILES string of the molecule is CC/C=C\C/C=C\C/C=C\C/C=C\CCCCC(=O)OC(COC(=O)CCCCCCCC)COC(=O)CCCCCCCCCCCC/C=C\C/C=C\C/C=C\CCCCCCC. The Kier molecular flexibility index (Phi) is 49.4. The van der Waals surface area contributed by atoms with Gasteiger partial charge in [-0.15, -0.1) is 0 Å². The fraction of sp³-hybridized carbons (Fsp3) is 0.707. The van der Waals surface area contributed by atoms with Crippen molar-refractivity contribution in [3.8, 4) is 0 Å². The summed E-state index contributed by atoms with van der Waals surface area (Å²) in [6.07, 6.45) is 67.5. The van der Waals surface area contributed by atoms with Crippen molar-refractivity contribution in [3.63, 3.8) is 0 Å². The van der Waals surface area contributed by atoms with Gasteiger partial charge in [-0.2, -0.15) is 0 Å². The summed E-state index contributed by atoms with van der Waals surface area (Å²) < 4.78 is 16.7. The van der Waals surface area contributed by atoms with Crippen molar-refractivity contribution in [3.05, 3.63) is 85.1 Å². The minimum atomic E-state index is -0.796. The van der Waals surface area contributed by atoms with Gasteiger partial charge in [0, 0.05) is 19.3 Å². The summed E-state index contributed by atoms with van der Waals surface area (Å²) in [6, 6.07) is 0. The number of hydrogen-bond donors (Lipinski definition) is 0. The van der Waals surface area contributed by atoms with Crippen LogP contribution in [-0.2, 0) is 28.6 Å². The molecule has 0 rings (SSSR count). The van der Waals surface area contributed by atoms with E-state index in [1.807, 2.05) is 0 Å². The van der Waals surface area contributed by atoms with Crippen molar-refractivity contribution in [1.82, 2.24) is 0 Å². The predicted octanol–water partition coefficient (Wildman–Crippen LogP) is 17.6. The van der Waals surface area contributed by atoms with E-state index in [4.69, 9.17) is 14.2 Å². The van der Waals surface area contributed by atoms with Crippen LogP contribution in [0.1, 0.15) is 245 Å². The Hall–Kier alpha value is -3.41. The highest BCUT2D eigenvalue weighted by atomic mass is 16.6. The zero-order valence-corrected chi connectivity index (χ0v) is 41.8. The number of hydrogen-bond acceptors (Lipinski definition) is 6. The molecule has 0 radical (unpaired) electrons. The second-order valence-electron chi connectivity index (χ2n) is 17.4. The Morgan fingerprint density at radius 1 is 0.328 bits per heavy atom. The van der Waals surface area contributed by atoms with E-state index in [0.29, 0.717) is 19.3 Å². The van der Waals surface area contributed by atoms with Gasteiger partial charge in [0.15, 0.2) is 6.10 Å². The van der Waals surface area contributed by atoms with Crippen molar-refractivity contribution < 1.29 is 28.6 Å². The van der Waals surface area contributed by atoms with E-state index in [1.165, 1.54) is 109 Å². The van der Waals surface area contributed by atoms with Crippen LogP contribution in [0.2, 0.25) is 0 Å². The fourth-order valence-corrected chi connectivity index (χ4v) is 7.15. The van der Waals surface area contributed by atoms with Crippen molar-refractivity contribution in [1.29, 1.82) is 0 Å². The molecule has 0 aliphatic heterocycles. The molecule has 0 aromatic rings. The molecular weight excluding hydrogens is 793 g/mol. The summed E-state index contributed by atoms with van der Waals surface area (Å²) in [4.78, 5) is 37.7.